The number of carboxylic acids is 1. The smallest absolute Gasteiger partial charge is 0.327 e. The molecule has 0 aromatic rings. The molecule has 0 bridgehead atoms. The van der Waals surface area contributed by atoms with Crippen molar-refractivity contribution in [3.05, 3.63) is 24.8 Å². The van der Waals surface area contributed by atoms with Crippen LogP contribution in [-0.4, -0.2) is 24.3 Å². The standard InChI is InChI=1S/C10H14O3/c1-2-3-8(4-5-10(11)12)9-6-13-7-9/h2,4-5,8-9H,1,3,6-7H2,(H,11,12). The third-order valence-electron chi connectivity index (χ3n) is 2.19. The van der Waals surface area contributed by atoms with Crippen LogP contribution in [-0.2, 0) is 9.53 Å². The summed E-state index contributed by atoms with van der Waals surface area (Å²) in [5, 5.41) is 8.46. The van der Waals surface area contributed by atoms with E-state index in [1.807, 2.05) is 6.08 Å². The van der Waals surface area contributed by atoms with Crippen LogP contribution in [0.5, 0.6) is 0 Å². The fourth-order valence-electron chi connectivity index (χ4n) is 1.33. The van der Waals surface area contributed by atoms with E-state index >= 15 is 0 Å². The molecular weight excluding hydrogens is 168 g/mol. The second kappa shape index (κ2) is 4.82. The molecule has 0 amide bonds. The molecule has 0 saturated carbocycles. The molecular formula is C10H14O3. The van der Waals surface area contributed by atoms with Gasteiger partial charge in [0.1, 0.15) is 0 Å². The van der Waals surface area contributed by atoms with E-state index in [2.05, 4.69) is 6.58 Å². The number of aliphatic carboxylic acids is 1. The number of hydrogen-bond donors (Lipinski definition) is 1. The van der Waals surface area contributed by atoms with Crippen LogP contribution in [0, 0.1) is 11.8 Å². The first-order valence-electron chi connectivity index (χ1n) is 4.33. The largest absolute Gasteiger partial charge is 0.478 e. The lowest BCUT2D eigenvalue weighted by molar-refractivity contribution is -0.131. The number of carbonyl (C=O) groups is 1. The summed E-state index contributed by atoms with van der Waals surface area (Å²) < 4.78 is 5.05. The Hall–Kier alpha value is -1.09. The van der Waals surface area contributed by atoms with Gasteiger partial charge in [-0.05, 0) is 12.3 Å². The number of allylic oxidation sites excluding steroid dienone is 2. The lowest BCUT2D eigenvalue weighted by Gasteiger charge is -2.31. The zero-order valence-electron chi connectivity index (χ0n) is 7.48. The molecule has 0 aliphatic carbocycles. The number of carboxylic acid groups (broad SMARTS) is 1. The molecule has 72 valence electrons. The molecule has 1 heterocycles. The van der Waals surface area contributed by atoms with Gasteiger partial charge in [-0.15, -0.1) is 6.58 Å². The molecule has 1 saturated heterocycles. The molecule has 0 aromatic carbocycles. The van der Waals surface area contributed by atoms with E-state index in [4.69, 9.17) is 9.84 Å². The van der Waals surface area contributed by atoms with Gasteiger partial charge in [0, 0.05) is 12.0 Å². The van der Waals surface area contributed by atoms with Crippen molar-refractivity contribution in [3.8, 4) is 0 Å². The Morgan fingerprint density at radius 3 is 2.77 bits per heavy atom. The van der Waals surface area contributed by atoms with E-state index in [9.17, 15) is 4.79 Å². The maximum atomic E-state index is 10.3. The summed E-state index contributed by atoms with van der Waals surface area (Å²) in [6.07, 6.45) is 5.57. The molecule has 0 aromatic heterocycles. The van der Waals surface area contributed by atoms with Gasteiger partial charge in [0.2, 0.25) is 0 Å². The summed E-state index contributed by atoms with van der Waals surface area (Å²) >= 11 is 0. The fraction of sp³-hybridized carbons (Fsp3) is 0.500. The van der Waals surface area contributed by atoms with Gasteiger partial charge in [0.15, 0.2) is 0 Å². The van der Waals surface area contributed by atoms with E-state index in [-0.39, 0.29) is 5.92 Å². The lowest BCUT2D eigenvalue weighted by Crippen LogP contribution is -2.33. The van der Waals surface area contributed by atoms with Gasteiger partial charge in [-0.2, -0.15) is 0 Å². The molecule has 1 unspecified atom stereocenters. The highest BCUT2D eigenvalue weighted by molar-refractivity contribution is 5.79. The Morgan fingerprint density at radius 1 is 1.69 bits per heavy atom. The highest BCUT2D eigenvalue weighted by atomic mass is 16.5. The summed E-state index contributed by atoms with van der Waals surface area (Å²) in [5.41, 5.74) is 0. The Morgan fingerprint density at radius 2 is 2.38 bits per heavy atom. The van der Waals surface area contributed by atoms with Gasteiger partial charge < -0.3 is 9.84 Å². The molecule has 13 heavy (non-hydrogen) atoms. The summed E-state index contributed by atoms with van der Waals surface area (Å²) in [7, 11) is 0. The first kappa shape index (κ1) is 9.99. The topological polar surface area (TPSA) is 46.5 Å². The predicted octanol–water partition coefficient (Wildman–Crippen LogP) is 1.47. The Labute approximate surface area is 77.7 Å². The van der Waals surface area contributed by atoms with Crippen LogP contribution in [0.3, 0.4) is 0 Å². The van der Waals surface area contributed by atoms with Gasteiger partial charge in [-0.25, -0.2) is 4.79 Å². The van der Waals surface area contributed by atoms with Crippen LogP contribution >= 0.6 is 0 Å². The SMILES string of the molecule is C=CCC(C=CC(=O)O)C1COC1. The molecule has 3 nitrogen and oxygen atoms in total. The van der Waals surface area contributed by atoms with E-state index in [1.165, 1.54) is 6.08 Å². The summed E-state index contributed by atoms with van der Waals surface area (Å²) in [5.74, 6) is -0.162. The minimum Gasteiger partial charge on any atom is -0.478 e. The number of ether oxygens (including phenoxy) is 1. The van der Waals surface area contributed by atoms with E-state index in [0.717, 1.165) is 19.6 Å². The zero-order valence-corrected chi connectivity index (χ0v) is 7.48. The number of rotatable bonds is 5. The highest BCUT2D eigenvalue weighted by Gasteiger charge is 2.25. The number of hydrogen-bond acceptors (Lipinski definition) is 2. The fourth-order valence-corrected chi connectivity index (χ4v) is 1.33. The molecule has 0 radical (unpaired) electrons. The minimum atomic E-state index is -0.894. The zero-order chi connectivity index (χ0) is 9.68. The second-order valence-electron chi connectivity index (χ2n) is 3.18. The predicted molar refractivity (Wildman–Crippen MR) is 49.4 cm³/mol. The van der Waals surface area contributed by atoms with Crippen molar-refractivity contribution in [2.75, 3.05) is 13.2 Å². The van der Waals surface area contributed by atoms with E-state index < -0.39 is 5.97 Å². The Balaban J connectivity index is 2.45. The molecule has 1 atom stereocenters. The van der Waals surface area contributed by atoms with Crippen molar-refractivity contribution in [1.29, 1.82) is 0 Å². The van der Waals surface area contributed by atoms with E-state index in [1.54, 1.807) is 6.08 Å². The third kappa shape index (κ3) is 3.03. The quantitative estimate of drug-likeness (QED) is 0.517. The minimum absolute atomic E-state index is 0.266. The van der Waals surface area contributed by atoms with Crippen molar-refractivity contribution < 1.29 is 14.6 Å². The van der Waals surface area contributed by atoms with Crippen LogP contribution < -0.4 is 0 Å². The van der Waals surface area contributed by atoms with Crippen LogP contribution in [0.2, 0.25) is 0 Å². The maximum Gasteiger partial charge on any atom is 0.327 e. The van der Waals surface area contributed by atoms with Crippen LogP contribution in [0.15, 0.2) is 24.8 Å². The molecule has 1 aliphatic rings. The highest BCUT2D eigenvalue weighted by Crippen LogP contribution is 2.25. The molecule has 1 fully saturated rings. The molecule has 1 rings (SSSR count). The molecule has 1 aliphatic heterocycles. The summed E-state index contributed by atoms with van der Waals surface area (Å²) in [6, 6.07) is 0. The van der Waals surface area contributed by atoms with Gasteiger partial charge in [0.05, 0.1) is 13.2 Å². The lowest BCUT2D eigenvalue weighted by atomic mass is 9.88. The van der Waals surface area contributed by atoms with Crippen molar-refractivity contribution in [2.45, 2.75) is 6.42 Å². The molecule has 3 heteroatoms. The van der Waals surface area contributed by atoms with Crippen LogP contribution in [0.1, 0.15) is 6.42 Å². The first-order valence-corrected chi connectivity index (χ1v) is 4.33. The average molecular weight is 182 g/mol. The van der Waals surface area contributed by atoms with E-state index in [0.29, 0.717) is 5.92 Å². The summed E-state index contributed by atoms with van der Waals surface area (Å²) in [4.78, 5) is 10.3. The Kier molecular flexibility index (Phi) is 3.71. The second-order valence-corrected chi connectivity index (χ2v) is 3.18. The molecule has 0 spiro atoms. The van der Waals surface area contributed by atoms with Gasteiger partial charge in [-0.3, -0.25) is 0 Å². The van der Waals surface area contributed by atoms with Crippen LogP contribution in [0.4, 0.5) is 0 Å². The van der Waals surface area contributed by atoms with Crippen molar-refractivity contribution in [3.63, 3.8) is 0 Å². The first-order chi connectivity index (χ1) is 6.24. The maximum absolute atomic E-state index is 10.3. The molecule has 1 N–H and O–H groups in total. The monoisotopic (exact) mass is 182 g/mol. The van der Waals surface area contributed by atoms with Gasteiger partial charge in [-0.1, -0.05) is 12.2 Å². The van der Waals surface area contributed by atoms with Crippen molar-refractivity contribution >= 4 is 5.97 Å². The average Bonchev–Trinajstić information content (AvgIpc) is 1.97. The normalized spacial score (nSPS) is 19.7. The van der Waals surface area contributed by atoms with Crippen molar-refractivity contribution in [1.82, 2.24) is 0 Å². The van der Waals surface area contributed by atoms with Gasteiger partial charge >= 0.3 is 5.97 Å². The third-order valence-corrected chi connectivity index (χ3v) is 2.19. The summed E-state index contributed by atoms with van der Waals surface area (Å²) in [6.45, 7) is 5.12. The van der Waals surface area contributed by atoms with Gasteiger partial charge in [0.25, 0.3) is 0 Å². The van der Waals surface area contributed by atoms with Crippen LogP contribution in [0.25, 0.3) is 0 Å². The van der Waals surface area contributed by atoms with Crippen molar-refractivity contribution in [2.24, 2.45) is 11.8 Å². The Bertz CT molecular complexity index is 216.